The first-order valence-corrected chi connectivity index (χ1v) is 3.56. The summed E-state index contributed by atoms with van der Waals surface area (Å²) in [6, 6.07) is 7.15. The van der Waals surface area contributed by atoms with Crippen LogP contribution in [0.4, 0.5) is 0 Å². The number of halogens is 1. The van der Waals surface area contributed by atoms with Gasteiger partial charge in [-0.1, -0.05) is 23.4 Å². The Balaban J connectivity index is 2.82. The maximum atomic E-state index is 8.38. The molecule has 2 heteroatoms. The van der Waals surface area contributed by atoms with E-state index in [9.17, 15) is 0 Å². The molecule has 0 atom stereocenters. The second-order valence-corrected chi connectivity index (χ2v) is 2.40. The lowest BCUT2D eigenvalue weighted by Gasteiger charge is -1.88. The second-order valence-electron chi connectivity index (χ2n) is 1.97. The highest BCUT2D eigenvalue weighted by molar-refractivity contribution is 6.30. The average molecular weight is 167 g/mol. The number of hydrogen-bond donors (Lipinski definition) is 1. The van der Waals surface area contributed by atoms with Gasteiger partial charge in [-0.05, 0) is 24.3 Å². The summed E-state index contributed by atoms with van der Waals surface area (Å²) in [6.07, 6.45) is 0. The normalized spacial score (nSPS) is 8.55. The molecule has 0 saturated heterocycles. The number of aliphatic hydroxyl groups excluding tert-OH is 1. The van der Waals surface area contributed by atoms with Gasteiger partial charge in [0, 0.05) is 10.6 Å². The SMILES string of the molecule is OCC#Cc1ccc(Cl)cc1. The van der Waals surface area contributed by atoms with E-state index in [2.05, 4.69) is 11.8 Å². The largest absolute Gasteiger partial charge is 0.384 e. The fraction of sp³-hybridized carbons (Fsp3) is 0.111. The lowest BCUT2D eigenvalue weighted by molar-refractivity contribution is 0.350. The average Bonchev–Trinajstić information content (AvgIpc) is 2.04. The van der Waals surface area contributed by atoms with E-state index < -0.39 is 0 Å². The van der Waals surface area contributed by atoms with Crippen LogP contribution in [0, 0.1) is 11.8 Å². The number of aliphatic hydroxyl groups is 1. The summed E-state index contributed by atoms with van der Waals surface area (Å²) in [5, 5.41) is 9.08. The van der Waals surface area contributed by atoms with E-state index in [0.29, 0.717) is 5.02 Å². The van der Waals surface area contributed by atoms with Crippen LogP contribution in [0.2, 0.25) is 5.02 Å². The zero-order valence-corrected chi connectivity index (χ0v) is 6.60. The standard InChI is InChI=1S/C9H7ClO/c10-9-5-3-8(4-6-9)2-1-7-11/h3-6,11H,7H2. The molecule has 11 heavy (non-hydrogen) atoms. The van der Waals surface area contributed by atoms with Crippen LogP contribution in [0.3, 0.4) is 0 Å². The van der Waals surface area contributed by atoms with E-state index in [1.54, 1.807) is 12.1 Å². The Bertz CT molecular complexity index is 279. The van der Waals surface area contributed by atoms with Gasteiger partial charge in [0.25, 0.3) is 0 Å². The molecule has 1 N–H and O–H groups in total. The van der Waals surface area contributed by atoms with Gasteiger partial charge in [0.15, 0.2) is 0 Å². The molecule has 0 aliphatic heterocycles. The zero-order chi connectivity index (χ0) is 8.10. The third kappa shape index (κ3) is 2.63. The molecule has 0 aliphatic carbocycles. The van der Waals surface area contributed by atoms with Gasteiger partial charge in [-0.25, -0.2) is 0 Å². The van der Waals surface area contributed by atoms with Gasteiger partial charge in [0.2, 0.25) is 0 Å². The Morgan fingerprint density at radius 1 is 1.27 bits per heavy atom. The van der Waals surface area contributed by atoms with Gasteiger partial charge >= 0.3 is 0 Å². The van der Waals surface area contributed by atoms with E-state index in [1.807, 2.05) is 12.1 Å². The molecule has 0 aliphatic rings. The molecule has 1 rings (SSSR count). The maximum Gasteiger partial charge on any atom is 0.104 e. The Labute approximate surface area is 70.6 Å². The fourth-order valence-corrected chi connectivity index (χ4v) is 0.801. The zero-order valence-electron chi connectivity index (χ0n) is 5.84. The highest BCUT2D eigenvalue weighted by Crippen LogP contribution is 2.07. The van der Waals surface area contributed by atoms with E-state index in [4.69, 9.17) is 16.7 Å². The van der Waals surface area contributed by atoms with E-state index >= 15 is 0 Å². The van der Waals surface area contributed by atoms with Crippen molar-refractivity contribution < 1.29 is 5.11 Å². The molecule has 1 nitrogen and oxygen atoms in total. The molecule has 1 aromatic carbocycles. The van der Waals surface area contributed by atoms with Crippen molar-refractivity contribution in [2.24, 2.45) is 0 Å². The van der Waals surface area contributed by atoms with Crippen LogP contribution >= 0.6 is 11.6 Å². The minimum absolute atomic E-state index is 0.109. The highest BCUT2D eigenvalue weighted by Gasteiger charge is 1.85. The lowest BCUT2D eigenvalue weighted by Crippen LogP contribution is -1.75. The molecule has 0 saturated carbocycles. The molecule has 1 aromatic rings. The van der Waals surface area contributed by atoms with Crippen LogP contribution in [-0.2, 0) is 0 Å². The fourth-order valence-electron chi connectivity index (χ4n) is 0.675. The molecule has 0 fully saturated rings. The van der Waals surface area contributed by atoms with Crippen LogP contribution in [0.1, 0.15) is 5.56 Å². The van der Waals surface area contributed by atoms with E-state index in [-0.39, 0.29) is 6.61 Å². The van der Waals surface area contributed by atoms with Crippen molar-refractivity contribution in [2.75, 3.05) is 6.61 Å². The lowest BCUT2D eigenvalue weighted by atomic mass is 10.2. The minimum atomic E-state index is -0.109. The molecule has 0 heterocycles. The van der Waals surface area contributed by atoms with Crippen molar-refractivity contribution in [2.45, 2.75) is 0 Å². The Morgan fingerprint density at radius 2 is 1.91 bits per heavy atom. The predicted octanol–water partition coefficient (Wildman–Crippen LogP) is 1.68. The van der Waals surface area contributed by atoms with Crippen molar-refractivity contribution in [1.29, 1.82) is 0 Å². The molecule has 0 aromatic heterocycles. The first-order valence-electron chi connectivity index (χ1n) is 3.18. The molecule has 0 radical (unpaired) electrons. The maximum absolute atomic E-state index is 8.38. The monoisotopic (exact) mass is 166 g/mol. The summed E-state index contributed by atoms with van der Waals surface area (Å²) >= 11 is 5.65. The van der Waals surface area contributed by atoms with Crippen molar-refractivity contribution in [3.8, 4) is 11.8 Å². The molecule has 0 unspecified atom stereocenters. The van der Waals surface area contributed by atoms with Crippen LogP contribution in [-0.4, -0.2) is 11.7 Å². The predicted molar refractivity (Wildman–Crippen MR) is 45.4 cm³/mol. The van der Waals surface area contributed by atoms with Crippen LogP contribution in [0.5, 0.6) is 0 Å². The van der Waals surface area contributed by atoms with Crippen LogP contribution in [0.25, 0.3) is 0 Å². The summed E-state index contributed by atoms with van der Waals surface area (Å²) in [4.78, 5) is 0. The van der Waals surface area contributed by atoms with Crippen molar-refractivity contribution in [3.05, 3.63) is 34.9 Å². The summed E-state index contributed by atoms with van der Waals surface area (Å²) in [7, 11) is 0. The Morgan fingerprint density at radius 3 is 2.45 bits per heavy atom. The van der Waals surface area contributed by atoms with Gasteiger partial charge in [0.1, 0.15) is 6.61 Å². The van der Waals surface area contributed by atoms with Crippen LogP contribution in [0.15, 0.2) is 24.3 Å². The van der Waals surface area contributed by atoms with Gasteiger partial charge in [-0.2, -0.15) is 0 Å². The van der Waals surface area contributed by atoms with Gasteiger partial charge in [0.05, 0.1) is 0 Å². The number of benzene rings is 1. The first-order chi connectivity index (χ1) is 5.33. The molecular formula is C9H7ClO. The quantitative estimate of drug-likeness (QED) is 0.582. The topological polar surface area (TPSA) is 20.2 Å². The van der Waals surface area contributed by atoms with Gasteiger partial charge < -0.3 is 5.11 Å². The minimum Gasteiger partial charge on any atom is -0.384 e. The molecule has 0 spiro atoms. The van der Waals surface area contributed by atoms with Crippen molar-refractivity contribution >= 4 is 11.6 Å². The summed E-state index contributed by atoms with van der Waals surface area (Å²) in [5.41, 5.74) is 0.864. The smallest absolute Gasteiger partial charge is 0.104 e. The van der Waals surface area contributed by atoms with E-state index in [0.717, 1.165) is 5.56 Å². The van der Waals surface area contributed by atoms with Crippen molar-refractivity contribution in [1.82, 2.24) is 0 Å². The Hall–Kier alpha value is -0.970. The summed E-state index contributed by atoms with van der Waals surface area (Å²) in [5.74, 6) is 5.31. The first kappa shape index (κ1) is 8.13. The molecular weight excluding hydrogens is 160 g/mol. The van der Waals surface area contributed by atoms with Gasteiger partial charge in [-0.15, -0.1) is 0 Å². The number of rotatable bonds is 0. The van der Waals surface area contributed by atoms with Crippen molar-refractivity contribution in [3.63, 3.8) is 0 Å². The molecule has 56 valence electrons. The summed E-state index contributed by atoms with van der Waals surface area (Å²) in [6.45, 7) is -0.109. The van der Waals surface area contributed by atoms with Crippen LogP contribution < -0.4 is 0 Å². The molecule has 0 bridgehead atoms. The highest BCUT2D eigenvalue weighted by atomic mass is 35.5. The number of hydrogen-bond acceptors (Lipinski definition) is 1. The Kier molecular flexibility index (Phi) is 2.97. The summed E-state index contributed by atoms with van der Waals surface area (Å²) < 4.78 is 0. The second kappa shape index (κ2) is 4.02. The third-order valence-corrected chi connectivity index (χ3v) is 1.41. The third-order valence-electron chi connectivity index (χ3n) is 1.16. The van der Waals surface area contributed by atoms with Gasteiger partial charge in [-0.3, -0.25) is 0 Å². The molecule has 0 amide bonds. The van der Waals surface area contributed by atoms with E-state index in [1.165, 1.54) is 0 Å².